The predicted octanol–water partition coefficient (Wildman–Crippen LogP) is 5.91. The number of carbonyl (C=O) groups is 3. The van der Waals surface area contributed by atoms with Crippen molar-refractivity contribution < 1.29 is 28.9 Å². The highest BCUT2D eigenvalue weighted by Gasteiger charge is 2.64. The van der Waals surface area contributed by atoms with E-state index in [1.54, 1.807) is 21.5 Å². The van der Waals surface area contributed by atoms with Crippen LogP contribution in [0.1, 0.15) is 60.9 Å². The minimum Gasteiger partial charge on any atom is -0.337 e. The fourth-order valence-electron chi connectivity index (χ4n) is 6.73. The maximum atomic E-state index is 14.1. The van der Waals surface area contributed by atoms with E-state index in [0.717, 1.165) is 28.5 Å². The highest BCUT2D eigenvalue weighted by Crippen LogP contribution is 2.59. The first kappa shape index (κ1) is 29.3. The van der Waals surface area contributed by atoms with Crippen molar-refractivity contribution in [3.63, 3.8) is 0 Å². The number of hydrogen-bond donors (Lipinski definition) is 1. The molecule has 242 valence electrons. The molecule has 2 aliphatic rings. The van der Waals surface area contributed by atoms with Crippen LogP contribution in [0.15, 0.2) is 48.9 Å². The third-order valence-electron chi connectivity index (χ3n) is 9.24. The molecule has 7 rings (SSSR count). The number of nitrogens with one attached hydrogen (secondary N) is 1. The van der Waals surface area contributed by atoms with Gasteiger partial charge in [-0.2, -0.15) is 18.3 Å². The first-order valence-corrected chi connectivity index (χ1v) is 15.1. The number of nitrogens with zero attached hydrogens (tertiary/aromatic N) is 6. The number of alkyl halides is 3. The Kier molecular flexibility index (Phi) is 6.54. The number of likely N-dealkylation sites (tertiary alicyclic amines) is 1. The summed E-state index contributed by atoms with van der Waals surface area (Å²) in [6.45, 7) is 8.33. The molecule has 1 aromatic carbocycles. The van der Waals surface area contributed by atoms with E-state index in [1.165, 1.54) is 24.8 Å². The van der Waals surface area contributed by atoms with Crippen molar-refractivity contribution in [3.05, 3.63) is 77.0 Å². The Morgan fingerprint density at radius 3 is 2.55 bits per heavy atom. The van der Waals surface area contributed by atoms with E-state index in [4.69, 9.17) is 0 Å². The molecule has 10 nitrogen and oxygen atoms in total. The van der Waals surface area contributed by atoms with Gasteiger partial charge in [-0.3, -0.25) is 14.4 Å². The number of amides is 2. The van der Waals surface area contributed by atoms with E-state index >= 15 is 0 Å². The number of aromatic nitrogens is 5. The van der Waals surface area contributed by atoms with E-state index in [0.29, 0.717) is 28.5 Å². The zero-order valence-corrected chi connectivity index (χ0v) is 26.4. The zero-order chi connectivity index (χ0) is 34.5. The molecule has 1 N–H and O–H groups in total. The number of rotatable bonds is 6. The zero-order valence-electron chi connectivity index (χ0n) is 27.4. The first-order valence-electron chi connectivity index (χ1n) is 15.6. The minimum absolute atomic E-state index is 0.0158. The molecule has 5 heterocycles. The second-order valence-electron chi connectivity index (χ2n) is 12.9. The predicted molar refractivity (Wildman–Crippen MR) is 168 cm³/mol. The minimum atomic E-state index is -4.73. The molecule has 1 aliphatic carbocycles. The Bertz CT molecular complexity index is 2210. The number of carbonyl (C=O) groups excluding carboxylic acids is 3. The van der Waals surface area contributed by atoms with Gasteiger partial charge < -0.3 is 14.8 Å². The van der Waals surface area contributed by atoms with Gasteiger partial charge in [0.15, 0.2) is 11.4 Å². The van der Waals surface area contributed by atoms with E-state index in [1.807, 2.05) is 45.2 Å². The largest absolute Gasteiger partial charge is 0.433 e. The summed E-state index contributed by atoms with van der Waals surface area (Å²) in [5.41, 5.74) is 3.60. The molecular formula is C34H32F3N7O3. The maximum absolute atomic E-state index is 14.1. The van der Waals surface area contributed by atoms with Gasteiger partial charge in [0, 0.05) is 47.2 Å². The number of anilines is 1. The van der Waals surface area contributed by atoms with Crippen LogP contribution in [0.2, 0.25) is 0 Å². The Balaban J connectivity index is 1.22. The molecule has 1 saturated carbocycles. The van der Waals surface area contributed by atoms with E-state index in [9.17, 15) is 28.9 Å². The van der Waals surface area contributed by atoms with Crippen LogP contribution in [0.4, 0.5) is 19.0 Å². The van der Waals surface area contributed by atoms with Crippen molar-refractivity contribution in [2.45, 2.75) is 72.2 Å². The average molecular weight is 645 g/mol. The Labute approximate surface area is 269 Å². The number of pyridine rings is 1. The van der Waals surface area contributed by atoms with Crippen molar-refractivity contribution >= 4 is 40.0 Å². The van der Waals surface area contributed by atoms with Gasteiger partial charge in [-0.1, -0.05) is 13.0 Å². The van der Waals surface area contributed by atoms with E-state index < -0.39 is 35.1 Å². The first-order chi connectivity index (χ1) is 22.5. The monoisotopic (exact) mass is 644 g/mol. The highest BCUT2D eigenvalue weighted by molar-refractivity contribution is 6.09. The number of fused-ring (bicyclic) bond motifs is 3. The van der Waals surface area contributed by atoms with Crippen LogP contribution in [0.25, 0.3) is 27.7 Å². The van der Waals surface area contributed by atoms with Gasteiger partial charge in [-0.05, 0) is 80.8 Å². The summed E-state index contributed by atoms with van der Waals surface area (Å²) in [5.74, 6) is -1.96. The molecule has 0 spiro atoms. The lowest BCUT2D eigenvalue weighted by Gasteiger charge is -2.27. The molecule has 0 unspecified atom stereocenters. The maximum Gasteiger partial charge on any atom is 0.433 e. The van der Waals surface area contributed by atoms with Crippen LogP contribution in [0.3, 0.4) is 0 Å². The Hall–Kier alpha value is -5.07. The molecule has 0 radical (unpaired) electrons. The van der Waals surface area contributed by atoms with Crippen LogP contribution in [0, 0.1) is 26.2 Å². The number of piperidine rings is 1. The Morgan fingerprint density at radius 1 is 1.06 bits per heavy atom. The summed E-state index contributed by atoms with van der Waals surface area (Å²) < 4.78 is 52.7. The summed E-state index contributed by atoms with van der Waals surface area (Å²) in [7, 11) is 0. The van der Waals surface area contributed by atoms with Crippen LogP contribution in [-0.2, 0) is 22.3 Å². The summed E-state index contributed by atoms with van der Waals surface area (Å²) in [4.78, 5) is 49.9. The summed E-state index contributed by atoms with van der Waals surface area (Å²) in [6.07, 6.45) is 1.09. The van der Waals surface area contributed by atoms with E-state index in [-0.39, 0.29) is 36.2 Å². The third kappa shape index (κ3) is 5.23. The van der Waals surface area contributed by atoms with Crippen LogP contribution in [-0.4, -0.2) is 58.7 Å². The van der Waals surface area contributed by atoms with Gasteiger partial charge in [0.25, 0.3) is 0 Å². The molecule has 5 aromatic rings. The highest BCUT2D eigenvalue weighted by atomic mass is 19.4. The number of hydrogen-bond acceptors (Lipinski definition) is 6. The summed E-state index contributed by atoms with van der Waals surface area (Å²) >= 11 is 0. The van der Waals surface area contributed by atoms with Gasteiger partial charge >= 0.3 is 6.18 Å². The smallest absolute Gasteiger partial charge is 0.337 e. The topological polar surface area (TPSA) is 114 Å². The molecule has 13 heteroatoms. The molecule has 4 aromatic heterocycles. The fourth-order valence-corrected chi connectivity index (χ4v) is 6.73. The summed E-state index contributed by atoms with van der Waals surface area (Å²) in [5, 5.41) is 7.49. The lowest BCUT2D eigenvalue weighted by atomic mass is 10.0. The normalized spacial score (nSPS) is 22.4. The molecular weight excluding hydrogens is 611 g/mol. The van der Waals surface area contributed by atoms with Crippen molar-refractivity contribution in [3.8, 4) is 11.1 Å². The van der Waals surface area contributed by atoms with Crippen LogP contribution < -0.4 is 5.32 Å². The second kappa shape index (κ2) is 10.5. The number of Topliss-reactive ketones (excluding diaryl/α,β-unsaturated/α-hetero) is 1. The second-order valence-corrected chi connectivity index (χ2v) is 12.9. The lowest BCUT2D eigenvalue weighted by Crippen LogP contribution is -2.46. The number of aryl methyl sites for hydroxylation is 3. The molecule has 1 aliphatic heterocycles. The average Bonchev–Trinajstić information content (AvgIpc) is 3.26. The van der Waals surface area contributed by atoms with Crippen molar-refractivity contribution in [1.29, 1.82) is 0 Å². The summed E-state index contributed by atoms with van der Waals surface area (Å²) in [6, 6.07) is 5.23. The number of ketones is 1. The van der Waals surface area contributed by atoms with Gasteiger partial charge in [0.05, 0.1) is 12.6 Å². The number of halogens is 3. The SMILES string of the molecule is [2H][C@@]1(C(=O)Nc2nc(C(F)(F)F)ccc2C)C[C@@]2(C)C[C@H]2N1C(=O)Cn1cc(C(C)=O)c2cc(-c3cnc4cc(C)nn4c3)cc(C)c21. The molecule has 2 amide bonds. The quantitative estimate of drug-likeness (QED) is 0.230. The Morgan fingerprint density at radius 2 is 1.83 bits per heavy atom. The third-order valence-corrected chi connectivity index (χ3v) is 9.24. The fraction of sp³-hybridized carbons (Fsp3) is 0.353. The molecule has 1 saturated heterocycles. The van der Waals surface area contributed by atoms with Gasteiger partial charge in [0.2, 0.25) is 11.8 Å². The molecule has 3 atom stereocenters. The van der Waals surface area contributed by atoms with Crippen LogP contribution >= 0.6 is 0 Å². The van der Waals surface area contributed by atoms with E-state index in [2.05, 4.69) is 20.4 Å². The lowest BCUT2D eigenvalue weighted by molar-refractivity contribution is -0.141. The molecule has 47 heavy (non-hydrogen) atoms. The number of benzene rings is 1. The van der Waals surface area contributed by atoms with Gasteiger partial charge in [-0.25, -0.2) is 14.5 Å². The van der Waals surface area contributed by atoms with Crippen molar-refractivity contribution in [2.24, 2.45) is 5.41 Å². The van der Waals surface area contributed by atoms with Crippen molar-refractivity contribution in [2.75, 3.05) is 5.32 Å². The molecule has 2 fully saturated rings. The van der Waals surface area contributed by atoms with Crippen molar-refractivity contribution in [1.82, 2.24) is 29.0 Å². The standard InChI is InChI=1S/C34H32F3N7O3/c1-17-6-7-26(34(35,36)37)39-31(17)40-32(47)25-11-33(5)12-27(33)44(25)29(46)16-42-15-24(20(4)45)23-10-21(8-18(2)30(23)42)22-13-38-28-9-19(3)41-43(28)14-22/h6-10,13-15,25,27H,11-12,16H2,1-5H3,(H,39,40,47)/t25-,27+,33-/m0/s1/i25D. The van der Waals surface area contributed by atoms with Crippen LogP contribution in [0.5, 0.6) is 0 Å². The van der Waals surface area contributed by atoms with Gasteiger partial charge in [-0.15, -0.1) is 0 Å². The molecule has 0 bridgehead atoms. The van der Waals surface area contributed by atoms with Gasteiger partial charge in [0.1, 0.15) is 24.1 Å².